The lowest BCUT2D eigenvalue weighted by Gasteiger charge is -2.36. The number of anilines is 1. The number of carbonyl (C=O) groups is 1. The number of carbonyl (C=O) groups excluding carboxylic acids is 1. The van der Waals surface area contributed by atoms with Crippen LogP contribution in [0.3, 0.4) is 0 Å². The first-order chi connectivity index (χ1) is 20.1. The van der Waals surface area contributed by atoms with E-state index in [4.69, 9.17) is 14.5 Å². The number of benzene rings is 3. The third kappa shape index (κ3) is 5.94. The van der Waals surface area contributed by atoms with Gasteiger partial charge in [0.15, 0.2) is 0 Å². The maximum Gasteiger partial charge on any atom is 0.340 e. The Morgan fingerprint density at radius 3 is 2.34 bits per heavy atom. The first kappa shape index (κ1) is 27.6. The smallest absolute Gasteiger partial charge is 0.340 e. The molecule has 3 aromatic carbocycles. The molecule has 1 fully saturated rings. The zero-order valence-electron chi connectivity index (χ0n) is 23.3. The summed E-state index contributed by atoms with van der Waals surface area (Å²) < 4.78 is 12.2. The Bertz CT molecular complexity index is 1510. The molecule has 0 spiro atoms. The average molecular weight is 613 g/mol. The Hall–Kier alpha value is -3.52. The molecule has 0 N–H and O–H groups in total. The molecule has 7 heteroatoms. The molecule has 0 amide bonds. The molecule has 1 atom stereocenters. The molecule has 0 radical (unpaired) electrons. The third-order valence-corrected chi connectivity index (χ3v) is 8.47. The lowest BCUT2D eigenvalue weighted by atomic mass is 9.92. The van der Waals surface area contributed by atoms with Gasteiger partial charge in [0.1, 0.15) is 0 Å². The van der Waals surface area contributed by atoms with Gasteiger partial charge in [0.25, 0.3) is 0 Å². The van der Waals surface area contributed by atoms with Gasteiger partial charge in [-0.05, 0) is 40.8 Å². The predicted molar refractivity (Wildman–Crippen MR) is 164 cm³/mol. The number of ether oxygens (including phenoxy) is 2. The number of nitrogens with zero attached hydrogens (tertiary/aromatic N) is 3. The number of hydrogen-bond donors (Lipinski definition) is 0. The molecule has 1 unspecified atom stereocenters. The van der Waals surface area contributed by atoms with Crippen LogP contribution < -0.4 is 4.90 Å². The molecule has 6 rings (SSSR count). The van der Waals surface area contributed by atoms with Gasteiger partial charge in [-0.3, -0.25) is 9.88 Å². The lowest BCUT2D eigenvalue weighted by Crippen LogP contribution is -2.40. The van der Waals surface area contributed by atoms with Crippen molar-refractivity contribution in [2.24, 2.45) is 0 Å². The van der Waals surface area contributed by atoms with Crippen LogP contribution in [-0.4, -0.2) is 55.8 Å². The van der Waals surface area contributed by atoms with E-state index in [-0.39, 0.29) is 12.0 Å². The summed E-state index contributed by atoms with van der Waals surface area (Å²) in [6, 6.07) is 29.1. The molecular weight excluding hydrogens is 578 g/mol. The molecule has 4 aromatic rings. The standard InChI is InChI=1S/C34H34BrN3O3/c1-40-34(39)30-28-15-16-38(23-25-11-6-3-7-12-25)33(28)29(21-24-9-4-2-5-10-24)36-31(30)32(37-17-19-41-20-18-37)26-13-8-14-27(35)22-26/h2-14,22,32H,15-21,23H2,1H3. The SMILES string of the molecule is COC(=O)c1c(C(c2cccc(Br)c2)N2CCOCC2)nc(Cc2ccccc2)c2c1CCN2Cc1ccccc1. The highest BCUT2D eigenvalue weighted by Crippen LogP contribution is 2.41. The molecule has 41 heavy (non-hydrogen) atoms. The van der Waals surface area contributed by atoms with E-state index < -0.39 is 0 Å². The number of halogens is 1. The Morgan fingerprint density at radius 1 is 0.951 bits per heavy atom. The van der Waals surface area contributed by atoms with Crippen molar-refractivity contribution in [1.29, 1.82) is 0 Å². The van der Waals surface area contributed by atoms with Crippen LogP contribution in [0.1, 0.15) is 50.0 Å². The van der Waals surface area contributed by atoms with Gasteiger partial charge in [0, 0.05) is 37.1 Å². The molecule has 6 nitrogen and oxygen atoms in total. The van der Waals surface area contributed by atoms with Gasteiger partial charge >= 0.3 is 5.97 Å². The molecule has 0 aliphatic carbocycles. The van der Waals surface area contributed by atoms with E-state index in [0.717, 1.165) is 65.3 Å². The maximum atomic E-state index is 13.7. The number of methoxy groups -OCH3 is 1. The summed E-state index contributed by atoms with van der Waals surface area (Å²) in [5.74, 6) is -0.329. The second-order valence-corrected chi connectivity index (χ2v) is 11.5. The minimum absolute atomic E-state index is 0.214. The number of rotatable bonds is 8. The second kappa shape index (κ2) is 12.6. The summed E-state index contributed by atoms with van der Waals surface area (Å²) in [5.41, 5.74) is 7.98. The van der Waals surface area contributed by atoms with Crippen molar-refractivity contribution in [3.63, 3.8) is 0 Å². The van der Waals surface area contributed by atoms with Gasteiger partial charge in [0.05, 0.1) is 49.0 Å². The van der Waals surface area contributed by atoms with E-state index in [9.17, 15) is 4.79 Å². The van der Waals surface area contributed by atoms with Crippen molar-refractivity contribution < 1.29 is 14.3 Å². The van der Waals surface area contributed by atoms with Gasteiger partial charge in [-0.1, -0.05) is 88.7 Å². The zero-order chi connectivity index (χ0) is 28.2. The van der Waals surface area contributed by atoms with E-state index in [1.54, 1.807) is 0 Å². The predicted octanol–water partition coefficient (Wildman–Crippen LogP) is 6.21. The number of esters is 1. The molecular formula is C34H34BrN3O3. The molecule has 2 aliphatic rings. The van der Waals surface area contributed by atoms with E-state index in [1.807, 2.05) is 24.3 Å². The van der Waals surface area contributed by atoms with Gasteiger partial charge in [-0.15, -0.1) is 0 Å². The first-order valence-electron chi connectivity index (χ1n) is 14.2. The normalized spacial score (nSPS) is 15.9. The van der Waals surface area contributed by atoms with Gasteiger partial charge in [-0.2, -0.15) is 0 Å². The van der Waals surface area contributed by atoms with Gasteiger partial charge in [-0.25, -0.2) is 4.79 Å². The second-order valence-electron chi connectivity index (χ2n) is 10.6. The van der Waals surface area contributed by atoms with Crippen molar-refractivity contribution >= 4 is 27.6 Å². The van der Waals surface area contributed by atoms with Crippen molar-refractivity contribution in [3.8, 4) is 0 Å². The van der Waals surface area contributed by atoms with E-state index in [0.29, 0.717) is 25.2 Å². The quantitative estimate of drug-likeness (QED) is 0.221. The topological polar surface area (TPSA) is 54.9 Å². The van der Waals surface area contributed by atoms with Gasteiger partial charge < -0.3 is 14.4 Å². The number of aromatic nitrogens is 1. The Kier molecular flexibility index (Phi) is 8.46. The number of pyridine rings is 1. The van der Waals surface area contributed by atoms with E-state index >= 15 is 0 Å². The molecule has 1 saturated heterocycles. The van der Waals surface area contributed by atoms with Crippen LogP contribution in [0.2, 0.25) is 0 Å². The van der Waals surface area contributed by atoms with Crippen LogP contribution in [0.4, 0.5) is 5.69 Å². The maximum absolute atomic E-state index is 13.7. The highest BCUT2D eigenvalue weighted by atomic mass is 79.9. The summed E-state index contributed by atoms with van der Waals surface area (Å²) in [5, 5.41) is 0. The minimum Gasteiger partial charge on any atom is -0.465 e. The zero-order valence-corrected chi connectivity index (χ0v) is 24.8. The largest absolute Gasteiger partial charge is 0.465 e. The summed E-state index contributed by atoms with van der Waals surface area (Å²) in [6.07, 6.45) is 1.44. The molecule has 3 heterocycles. The molecule has 2 aliphatic heterocycles. The average Bonchev–Trinajstić information content (AvgIpc) is 3.42. The summed E-state index contributed by atoms with van der Waals surface area (Å²) in [4.78, 5) is 23.9. The summed E-state index contributed by atoms with van der Waals surface area (Å²) in [6.45, 7) is 4.38. The lowest BCUT2D eigenvalue weighted by molar-refractivity contribution is 0.0228. The molecule has 1 aromatic heterocycles. The van der Waals surface area contributed by atoms with Crippen LogP contribution >= 0.6 is 15.9 Å². The molecule has 0 bridgehead atoms. The van der Waals surface area contributed by atoms with Crippen LogP contribution in [0.25, 0.3) is 0 Å². The van der Waals surface area contributed by atoms with E-state index in [2.05, 4.69) is 86.4 Å². The Labute approximate surface area is 250 Å². The molecule has 210 valence electrons. The van der Waals surface area contributed by atoms with Crippen LogP contribution in [0.15, 0.2) is 89.4 Å². The first-order valence-corrected chi connectivity index (χ1v) is 15.0. The highest BCUT2D eigenvalue weighted by Gasteiger charge is 2.37. The number of hydrogen-bond acceptors (Lipinski definition) is 6. The Balaban J connectivity index is 1.56. The number of fused-ring (bicyclic) bond motifs is 1. The van der Waals surface area contributed by atoms with Crippen molar-refractivity contribution in [2.75, 3.05) is 44.9 Å². The van der Waals surface area contributed by atoms with Crippen LogP contribution in [0.5, 0.6) is 0 Å². The number of morpholine rings is 1. The summed E-state index contributed by atoms with van der Waals surface area (Å²) in [7, 11) is 1.47. The minimum atomic E-state index is -0.329. The van der Waals surface area contributed by atoms with Gasteiger partial charge in [0.2, 0.25) is 0 Å². The summed E-state index contributed by atoms with van der Waals surface area (Å²) >= 11 is 3.67. The van der Waals surface area contributed by atoms with Crippen molar-refractivity contribution in [3.05, 3.63) is 129 Å². The van der Waals surface area contributed by atoms with E-state index in [1.165, 1.54) is 18.2 Å². The van der Waals surface area contributed by atoms with Crippen molar-refractivity contribution in [1.82, 2.24) is 9.88 Å². The van der Waals surface area contributed by atoms with Crippen LogP contribution in [0, 0.1) is 0 Å². The molecule has 0 saturated carbocycles. The van der Waals surface area contributed by atoms with Crippen molar-refractivity contribution in [2.45, 2.75) is 25.4 Å². The van der Waals surface area contributed by atoms with Crippen LogP contribution in [-0.2, 0) is 28.9 Å². The fraction of sp³-hybridized carbons (Fsp3) is 0.294. The highest BCUT2D eigenvalue weighted by molar-refractivity contribution is 9.10. The third-order valence-electron chi connectivity index (χ3n) is 7.97. The fourth-order valence-corrected chi connectivity index (χ4v) is 6.55. The Morgan fingerprint density at radius 2 is 1.66 bits per heavy atom. The monoisotopic (exact) mass is 611 g/mol. The fourth-order valence-electron chi connectivity index (χ4n) is 6.13.